The van der Waals surface area contributed by atoms with Crippen molar-refractivity contribution in [3.05, 3.63) is 52.1 Å². The number of nitrogens with zero attached hydrogens (tertiary/aromatic N) is 3. The van der Waals surface area contributed by atoms with Crippen molar-refractivity contribution in [2.45, 2.75) is 33.7 Å². The number of halogens is 2. The first-order valence-corrected chi connectivity index (χ1v) is 8.11. The van der Waals surface area contributed by atoms with Crippen LogP contribution in [0.1, 0.15) is 28.1 Å². The van der Waals surface area contributed by atoms with Gasteiger partial charge in [0.05, 0.1) is 5.69 Å². The molecule has 0 aliphatic rings. The second kappa shape index (κ2) is 9.74. The van der Waals surface area contributed by atoms with Gasteiger partial charge in [0.2, 0.25) is 0 Å². The second-order valence-corrected chi connectivity index (χ2v) is 5.95. The molecule has 25 heavy (non-hydrogen) atoms. The molecular weight excluding hydrogens is 432 g/mol. The van der Waals surface area contributed by atoms with Gasteiger partial charge in [-0.3, -0.25) is 9.67 Å². The second-order valence-electron chi connectivity index (χ2n) is 5.95. The van der Waals surface area contributed by atoms with E-state index < -0.39 is 0 Å². The predicted molar refractivity (Wildman–Crippen MR) is 111 cm³/mol. The van der Waals surface area contributed by atoms with Crippen LogP contribution in [-0.2, 0) is 20.0 Å². The molecule has 0 amide bonds. The molecule has 0 atom stereocenters. The molecule has 1 aromatic carbocycles. The van der Waals surface area contributed by atoms with Gasteiger partial charge >= 0.3 is 0 Å². The maximum absolute atomic E-state index is 13.1. The highest BCUT2D eigenvalue weighted by atomic mass is 127. The third kappa shape index (κ3) is 5.69. The van der Waals surface area contributed by atoms with E-state index in [1.54, 1.807) is 13.1 Å². The Kier molecular flexibility index (Phi) is 8.34. The first kappa shape index (κ1) is 21.4. The molecule has 1 heterocycles. The van der Waals surface area contributed by atoms with E-state index in [9.17, 15) is 4.39 Å². The Labute approximate surface area is 166 Å². The van der Waals surface area contributed by atoms with Crippen molar-refractivity contribution < 1.29 is 4.39 Å². The molecule has 0 aliphatic carbocycles. The molecule has 138 valence electrons. The van der Waals surface area contributed by atoms with E-state index in [0.29, 0.717) is 6.54 Å². The summed E-state index contributed by atoms with van der Waals surface area (Å²) in [5.74, 6) is 0.557. The van der Waals surface area contributed by atoms with Crippen LogP contribution < -0.4 is 10.6 Å². The van der Waals surface area contributed by atoms with Crippen LogP contribution in [-0.4, -0.2) is 29.3 Å². The third-order valence-electron chi connectivity index (χ3n) is 4.31. The topological polar surface area (TPSA) is 54.2 Å². The van der Waals surface area contributed by atoms with Crippen molar-refractivity contribution >= 4 is 29.9 Å². The maximum Gasteiger partial charge on any atom is 0.191 e. The lowest BCUT2D eigenvalue weighted by atomic mass is 10.1. The Morgan fingerprint density at radius 1 is 1.24 bits per heavy atom. The molecule has 0 saturated heterocycles. The molecule has 0 spiro atoms. The highest BCUT2D eigenvalue weighted by Gasteiger charge is 2.09. The van der Waals surface area contributed by atoms with Crippen LogP contribution in [0.15, 0.2) is 23.2 Å². The summed E-state index contributed by atoms with van der Waals surface area (Å²) in [7, 11) is 3.70. The molecule has 7 heteroatoms. The smallest absolute Gasteiger partial charge is 0.191 e. The van der Waals surface area contributed by atoms with Gasteiger partial charge in [-0.25, -0.2) is 4.39 Å². The van der Waals surface area contributed by atoms with Crippen LogP contribution in [0.4, 0.5) is 4.39 Å². The molecule has 0 unspecified atom stereocenters. The van der Waals surface area contributed by atoms with Gasteiger partial charge < -0.3 is 10.6 Å². The fraction of sp³-hybridized carbons (Fsp3) is 0.444. The number of aliphatic imine (C=N–C) groups is 1. The molecule has 0 saturated carbocycles. The van der Waals surface area contributed by atoms with Gasteiger partial charge in [-0.05, 0) is 50.5 Å². The molecule has 2 rings (SSSR count). The van der Waals surface area contributed by atoms with Crippen molar-refractivity contribution in [1.82, 2.24) is 20.4 Å². The summed E-state index contributed by atoms with van der Waals surface area (Å²) in [5, 5.41) is 11.0. The molecule has 5 nitrogen and oxygen atoms in total. The number of aryl methyl sites for hydroxylation is 3. The Hall–Kier alpha value is -1.64. The number of benzene rings is 1. The lowest BCUT2D eigenvalue weighted by Gasteiger charge is -2.13. The van der Waals surface area contributed by atoms with E-state index in [2.05, 4.69) is 27.6 Å². The fourth-order valence-corrected chi connectivity index (χ4v) is 2.72. The van der Waals surface area contributed by atoms with E-state index in [1.165, 1.54) is 11.6 Å². The van der Waals surface area contributed by atoms with Crippen LogP contribution in [0.2, 0.25) is 0 Å². The molecular formula is C18H27FIN5. The van der Waals surface area contributed by atoms with E-state index in [0.717, 1.165) is 41.4 Å². The molecule has 2 aromatic rings. The summed E-state index contributed by atoms with van der Waals surface area (Å²) in [4.78, 5) is 4.24. The highest BCUT2D eigenvalue weighted by molar-refractivity contribution is 14.0. The monoisotopic (exact) mass is 459 g/mol. The van der Waals surface area contributed by atoms with Gasteiger partial charge in [0, 0.05) is 38.4 Å². The Bertz CT molecular complexity index is 739. The number of hydrogen-bond donors (Lipinski definition) is 2. The van der Waals surface area contributed by atoms with E-state index >= 15 is 0 Å². The first-order chi connectivity index (χ1) is 11.4. The van der Waals surface area contributed by atoms with Crippen molar-refractivity contribution in [3.63, 3.8) is 0 Å². The molecule has 0 bridgehead atoms. The maximum atomic E-state index is 13.1. The van der Waals surface area contributed by atoms with Gasteiger partial charge in [-0.1, -0.05) is 6.07 Å². The number of aromatic nitrogens is 2. The Morgan fingerprint density at radius 2 is 1.96 bits per heavy atom. The van der Waals surface area contributed by atoms with E-state index in [4.69, 9.17) is 0 Å². The van der Waals surface area contributed by atoms with E-state index in [1.807, 2.05) is 31.6 Å². The lowest BCUT2D eigenvalue weighted by Crippen LogP contribution is -2.38. The van der Waals surface area contributed by atoms with Gasteiger partial charge in [0.15, 0.2) is 5.96 Å². The van der Waals surface area contributed by atoms with Crippen molar-refractivity contribution in [2.24, 2.45) is 12.0 Å². The highest BCUT2D eigenvalue weighted by Crippen LogP contribution is 2.11. The molecule has 1 aromatic heterocycles. The molecule has 0 radical (unpaired) electrons. The zero-order valence-electron chi connectivity index (χ0n) is 15.5. The van der Waals surface area contributed by atoms with Crippen LogP contribution in [0, 0.1) is 26.6 Å². The van der Waals surface area contributed by atoms with E-state index in [-0.39, 0.29) is 29.8 Å². The summed E-state index contributed by atoms with van der Waals surface area (Å²) in [6.45, 7) is 7.42. The van der Waals surface area contributed by atoms with Crippen LogP contribution in [0.5, 0.6) is 0 Å². The fourth-order valence-electron chi connectivity index (χ4n) is 2.72. The number of nitrogens with one attached hydrogen (secondary N) is 2. The average molecular weight is 459 g/mol. The number of rotatable bonds is 5. The zero-order chi connectivity index (χ0) is 17.7. The molecule has 0 fully saturated rings. The van der Waals surface area contributed by atoms with Crippen LogP contribution in [0.25, 0.3) is 0 Å². The van der Waals surface area contributed by atoms with Gasteiger partial charge in [0.1, 0.15) is 5.82 Å². The summed E-state index contributed by atoms with van der Waals surface area (Å²) >= 11 is 0. The van der Waals surface area contributed by atoms with Crippen molar-refractivity contribution in [1.29, 1.82) is 0 Å². The Balaban J connectivity index is 0.00000312. The van der Waals surface area contributed by atoms with Crippen molar-refractivity contribution in [3.8, 4) is 0 Å². The summed E-state index contributed by atoms with van der Waals surface area (Å²) in [6, 6.07) is 4.91. The minimum Gasteiger partial charge on any atom is -0.356 e. The predicted octanol–water partition coefficient (Wildman–Crippen LogP) is 3.01. The SMILES string of the molecule is CN=C(NCCc1ccc(F)cc1C)NCc1c(C)nn(C)c1C.I. The van der Waals surface area contributed by atoms with Crippen molar-refractivity contribution in [2.75, 3.05) is 13.6 Å². The van der Waals surface area contributed by atoms with Crippen LogP contribution in [0.3, 0.4) is 0 Å². The minimum absolute atomic E-state index is 0. The first-order valence-electron chi connectivity index (χ1n) is 8.11. The van der Waals surface area contributed by atoms with Gasteiger partial charge in [-0.2, -0.15) is 5.10 Å². The van der Waals surface area contributed by atoms with Crippen LogP contribution >= 0.6 is 24.0 Å². The van der Waals surface area contributed by atoms with Gasteiger partial charge in [-0.15, -0.1) is 24.0 Å². The quantitative estimate of drug-likeness (QED) is 0.411. The summed E-state index contributed by atoms with van der Waals surface area (Å²) in [6.07, 6.45) is 0.817. The number of guanidine groups is 1. The van der Waals surface area contributed by atoms with Gasteiger partial charge in [0.25, 0.3) is 0 Å². The Morgan fingerprint density at radius 3 is 2.52 bits per heavy atom. The standard InChI is InChI=1S/C18H26FN5.HI/c1-12-10-16(19)7-6-15(12)8-9-21-18(20-4)22-11-17-13(2)23-24(5)14(17)3;/h6-7,10H,8-9,11H2,1-5H3,(H2,20,21,22);1H. The normalized spacial score (nSPS) is 11.2. The zero-order valence-corrected chi connectivity index (χ0v) is 17.8. The average Bonchev–Trinajstić information content (AvgIpc) is 2.78. The lowest BCUT2D eigenvalue weighted by molar-refractivity contribution is 0.625. The third-order valence-corrected chi connectivity index (χ3v) is 4.31. The number of hydrogen-bond acceptors (Lipinski definition) is 2. The summed E-state index contributed by atoms with van der Waals surface area (Å²) < 4.78 is 15.0. The molecule has 0 aliphatic heterocycles. The largest absolute Gasteiger partial charge is 0.356 e. The summed E-state index contributed by atoms with van der Waals surface area (Å²) in [5.41, 5.74) is 5.48. The minimum atomic E-state index is -0.191. The molecule has 2 N–H and O–H groups in total.